The summed E-state index contributed by atoms with van der Waals surface area (Å²) in [6, 6.07) is 1.84. The van der Waals surface area contributed by atoms with Crippen LogP contribution in [0.3, 0.4) is 0 Å². The summed E-state index contributed by atoms with van der Waals surface area (Å²) in [5.74, 6) is 6.60. The zero-order valence-electron chi connectivity index (χ0n) is 11.2. The van der Waals surface area contributed by atoms with Gasteiger partial charge in [0.15, 0.2) is 0 Å². The molecule has 4 heteroatoms. The number of hydrogen-bond acceptors (Lipinski definition) is 3. The smallest absolute Gasteiger partial charge is 0.254 e. The van der Waals surface area contributed by atoms with Crippen molar-refractivity contribution in [2.24, 2.45) is 5.92 Å². The lowest BCUT2D eigenvalue weighted by atomic mass is 9.85. The van der Waals surface area contributed by atoms with Crippen LogP contribution < -0.4 is 0 Å². The molecule has 0 bridgehead atoms. The van der Waals surface area contributed by atoms with E-state index in [2.05, 4.69) is 11.8 Å². The largest absolute Gasteiger partial charge is 0.395 e. The van der Waals surface area contributed by atoms with Gasteiger partial charge in [0, 0.05) is 25.4 Å². The molecule has 1 aromatic heterocycles. The first-order valence-electron chi connectivity index (χ1n) is 6.64. The van der Waals surface area contributed by atoms with Crippen LogP contribution >= 0.6 is 11.3 Å². The van der Waals surface area contributed by atoms with E-state index >= 15 is 0 Å². The first kappa shape index (κ1) is 14.1. The second-order valence-electron chi connectivity index (χ2n) is 4.96. The lowest BCUT2D eigenvalue weighted by Gasteiger charge is -2.30. The summed E-state index contributed by atoms with van der Waals surface area (Å²) >= 11 is 1.48. The summed E-state index contributed by atoms with van der Waals surface area (Å²) < 4.78 is 0. The molecule has 1 N–H and O–H groups in total. The second-order valence-corrected chi connectivity index (χ2v) is 5.87. The highest BCUT2D eigenvalue weighted by atomic mass is 32.1. The number of rotatable bonds is 4. The summed E-state index contributed by atoms with van der Waals surface area (Å²) in [6.45, 7) is 0.939. The quantitative estimate of drug-likeness (QED) is 0.858. The number of thiophene rings is 1. The third-order valence-corrected chi connectivity index (χ3v) is 4.24. The maximum atomic E-state index is 12.2. The van der Waals surface area contributed by atoms with E-state index in [1.54, 1.807) is 0 Å². The van der Waals surface area contributed by atoms with E-state index in [9.17, 15) is 4.79 Å². The van der Waals surface area contributed by atoms with Crippen LogP contribution in [-0.4, -0.2) is 36.1 Å². The molecular weight excluding hydrogens is 258 g/mol. The Morgan fingerprint density at radius 2 is 2.37 bits per heavy atom. The van der Waals surface area contributed by atoms with Crippen molar-refractivity contribution in [2.75, 3.05) is 20.2 Å². The number of hydrogen-bond donors (Lipinski definition) is 1. The van der Waals surface area contributed by atoms with Crippen LogP contribution in [0.1, 0.15) is 40.9 Å². The van der Waals surface area contributed by atoms with Gasteiger partial charge in [-0.3, -0.25) is 4.79 Å². The molecule has 1 fully saturated rings. The predicted octanol–water partition coefficient (Wildman–Crippen LogP) is 2.35. The van der Waals surface area contributed by atoms with Gasteiger partial charge in [0.1, 0.15) is 0 Å². The lowest BCUT2D eigenvalue weighted by molar-refractivity contribution is 0.0746. The minimum Gasteiger partial charge on any atom is -0.395 e. The Bertz CT molecular complexity index is 494. The first-order chi connectivity index (χ1) is 9.20. The molecule has 1 amide bonds. The molecule has 0 saturated heterocycles. The molecule has 102 valence electrons. The van der Waals surface area contributed by atoms with E-state index in [0.717, 1.165) is 17.0 Å². The number of nitrogens with zero attached hydrogens (tertiary/aromatic N) is 1. The van der Waals surface area contributed by atoms with Crippen LogP contribution in [0.15, 0.2) is 11.4 Å². The van der Waals surface area contributed by atoms with Crippen molar-refractivity contribution in [3.05, 3.63) is 21.9 Å². The van der Waals surface area contributed by atoms with E-state index in [0.29, 0.717) is 12.3 Å². The summed E-state index contributed by atoms with van der Waals surface area (Å²) in [5, 5.41) is 10.5. The fourth-order valence-corrected chi connectivity index (χ4v) is 2.83. The average Bonchev–Trinajstić information content (AvgIpc) is 2.81. The van der Waals surface area contributed by atoms with Gasteiger partial charge in [-0.05, 0) is 24.8 Å². The molecule has 3 nitrogen and oxygen atoms in total. The molecule has 1 saturated carbocycles. The zero-order valence-corrected chi connectivity index (χ0v) is 12.0. The Hall–Kier alpha value is -1.31. The third kappa shape index (κ3) is 3.82. The molecule has 0 aliphatic heterocycles. The predicted molar refractivity (Wildman–Crippen MR) is 77.2 cm³/mol. The molecule has 2 rings (SSSR count). The molecule has 1 aliphatic carbocycles. The Balaban J connectivity index is 1.93. The molecule has 0 radical (unpaired) electrons. The second kappa shape index (κ2) is 6.74. The van der Waals surface area contributed by atoms with Crippen molar-refractivity contribution in [3.8, 4) is 11.8 Å². The van der Waals surface area contributed by atoms with Crippen molar-refractivity contribution in [1.29, 1.82) is 0 Å². The minimum atomic E-state index is 0.0777. The van der Waals surface area contributed by atoms with Gasteiger partial charge >= 0.3 is 0 Å². The van der Waals surface area contributed by atoms with E-state index in [4.69, 9.17) is 5.11 Å². The first-order valence-corrected chi connectivity index (χ1v) is 7.52. The van der Waals surface area contributed by atoms with Gasteiger partial charge in [-0.25, -0.2) is 0 Å². The Labute approximate surface area is 118 Å². The molecule has 0 spiro atoms. The van der Waals surface area contributed by atoms with Crippen molar-refractivity contribution in [1.82, 2.24) is 4.90 Å². The van der Waals surface area contributed by atoms with E-state index in [1.807, 2.05) is 23.4 Å². The van der Waals surface area contributed by atoms with Crippen molar-refractivity contribution < 1.29 is 9.90 Å². The summed E-state index contributed by atoms with van der Waals surface area (Å²) in [5.41, 5.74) is 0.722. The van der Waals surface area contributed by atoms with E-state index in [1.165, 1.54) is 30.6 Å². The Morgan fingerprint density at radius 3 is 3.00 bits per heavy atom. The summed E-state index contributed by atoms with van der Waals surface area (Å²) in [6.07, 6.45) is 4.27. The van der Waals surface area contributed by atoms with Crippen molar-refractivity contribution in [2.45, 2.75) is 25.7 Å². The van der Waals surface area contributed by atoms with Crippen LogP contribution in [0, 0.1) is 17.8 Å². The van der Waals surface area contributed by atoms with Gasteiger partial charge in [-0.1, -0.05) is 18.3 Å². The fraction of sp³-hybridized carbons (Fsp3) is 0.533. The normalized spacial score (nSPS) is 14.4. The molecular formula is C15H19NO2S. The van der Waals surface area contributed by atoms with Gasteiger partial charge < -0.3 is 10.0 Å². The highest BCUT2D eigenvalue weighted by Crippen LogP contribution is 2.27. The molecule has 1 aromatic rings. The maximum absolute atomic E-state index is 12.2. The third-order valence-electron chi connectivity index (χ3n) is 3.40. The van der Waals surface area contributed by atoms with E-state index in [-0.39, 0.29) is 12.5 Å². The highest BCUT2D eigenvalue weighted by molar-refractivity contribution is 7.10. The van der Waals surface area contributed by atoms with E-state index < -0.39 is 0 Å². The van der Waals surface area contributed by atoms with Gasteiger partial charge in [-0.15, -0.1) is 11.3 Å². The monoisotopic (exact) mass is 277 g/mol. The van der Waals surface area contributed by atoms with Gasteiger partial charge in [0.25, 0.3) is 5.91 Å². The number of carbonyl (C=O) groups excluding carboxylic acids is 1. The SMILES string of the molecule is CN(CC1CCC1)C(=O)c1csc(C#CCCO)c1. The van der Waals surface area contributed by atoms with Crippen LogP contribution in [-0.2, 0) is 0 Å². The van der Waals surface area contributed by atoms with Gasteiger partial charge in [0.2, 0.25) is 0 Å². The molecule has 0 aromatic carbocycles. The highest BCUT2D eigenvalue weighted by Gasteiger charge is 2.22. The van der Waals surface area contributed by atoms with Crippen molar-refractivity contribution in [3.63, 3.8) is 0 Å². The lowest BCUT2D eigenvalue weighted by Crippen LogP contribution is -2.34. The number of aliphatic hydroxyl groups is 1. The average molecular weight is 277 g/mol. The van der Waals surface area contributed by atoms with Gasteiger partial charge in [0.05, 0.1) is 17.0 Å². The van der Waals surface area contributed by atoms with Crippen LogP contribution in [0.2, 0.25) is 0 Å². The minimum absolute atomic E-state index is 0.0777. The summed E-state index contributed by atoms with van der Waals surface area (Å²) in [4.78, 5) is 14.9. The van der Waals surface area contributed by atoms with Gasteiger partial charge in [-0.2, -0.15) is 0 Å². The fourth-order valence-electron chi connectivity index (χ4n) is 2.09. The molecule has 0 unspecified atom stereocenters. The summed E-state index contributed by atoms with van der Waals surface area (Å²) in [7, 11) is 1.87. The van der Waals surface area contributed by atoms with Crippen LogP contribution in [0.4, 0.5) is 0 Å². The van der Waals surface area contributed by atoms with Crippen LogP contribution in [0.5, 0.6) is 0 Å². The topological polar surface area (TPSA) is 40.5 Å². The van der Waals surface area contributed by atoms with Crippen molar-refractivity contribution >= 4 is 17.2 Å². The molecule has 1 heterocycles. The number of carbonyl (C=O) groups is 1. The maximum Gasteiger partial charge on any atom is 0.254 e. The Morgan fingerprint density at radius 1 is 1.58 bits per heavy atom. The number of amides is 1. The molecule has 19 heavy (non-hydrogen) atoms. The Kier molecular flexibility index (Phi) is 5.00. The number of aliphatic hydroxyl groups excluding tert-OH is 1. The molecule has 1 aliphatic rings. The zero-order chi connectivity index (χ0) is 13.7. The standard InChI is InChI=1S/C15H19NO2S/c1-16(10-12-5-4-6-12)15(18)13-9-14(19-11-13)7-2-3-8-17/h9,11-12,17H,3-6,8,10H2,1H3. The molecule has 0 atom stereocenters. The van der Waals surface area contributed by atoms with Crippen LogP contribution in [0.25, 0.3) is 0 Å².